The molecule has 0 aliphatic heterocycles. The summed E-state index contributed by atoms with van der Waals surface area (Å²) < 4.78 is 0.827. The molecule has 98 valence electrons. The highest BCUT2D eigenvalue weighted by atomic mass is 79.9. The molecule has 6 heteroatoms. The third-order valence-electron chi connectivity index (χ3n) is 2.19. The number of rotatable bonds is 6. The minimum atomic E-state index is -0.264. The first kappa shape index (κ1) is 14.7. The molecule has 3 N–H and O–H groups in total. The quantitative estimate of drug-likeness (QED) is 0.670. The van der Waals surface area contributed by atoms with Gasteiger partial charge < -0.3 is 16.0 Å². The van der Waals surface area contributed by atoms with Crippen molar-refractivity contribution in [3.63, 3.8) is 0 Å². The first-order valence-corrected chi connectivity index (χ1v) is 6.38. The van der Waals surface area contributed by atoms with Crippen LogP contribution in [0.15, 0.2) is 28.7 Å². The van der Waals surface area contributed by atoms with E-state index in [9.17, 15) is 9.59 Å². The van der Waals surface area contributed by atoms with E-state index in [0.717, 1.165) is 4.47 Å². The van der Waals surface area contributed by atoms with Crippen molar-refractivity contribution in [3.05, 3.63) is 34.3 Å². The van der Waals surface area contributed by atoms with Crippen molar-refractivity contribution in [3.8, 4) is 0 Å². The van der Waals surface area contributed by atoms with Crippen molar-refractivity contribution in [2.75, 3.05) is 26.7 Å². The van der Waals surface area contributed by atoms with Gasteiger partial charge in [-0.3, -0.25) is 9.59 Å². The standard InChI is InChI=1S/C12H16BrN3O2/c1-14-5-6-15-11(17)8-16-12(18)9-3-2-4-10(13)7-9/h2-4,7,14H,5-6,8H2,1H3,(H,15,17)(H,16,18). The Morgan fingerprint density at radius 3 is 2.67 bits per heavy atom. The zero-order valence-electron chi connectivity index (χ0n) is 10.1. The maximum atomic E-state index is 11.7. The van der Waals surface area contributed by atoms with Gasteiger partial charge >= 0.3 is 0 Å². The lowest BCUT2D eigenvalue weighted by atomic mass is 10.2. The van der Waals surface area contributed by atoms with Crippen LogP contribution in [0.2, 0.25) is 0 Å². The van der Waals surface area contributed by atoms with Gasteiger partial charge in [-0.2, -0.15) is 0 Å². The molecule has 0 bridgehead atoms. The van der Waals surface area contributed by atoms with E-state index in [1.165, 1.54) is 0 Å². The second-order valence-corrected chi connectivity index (χ2v) is 4.56. The van der Waals surface area contributed by atoms with Gasteiger partial charge in [0.05, 0.1) is 6.54 Å². The number of carbonyl (C=O) groups excluding carboxylic acids is 2. The van der Waals surface area contributed by atoms with Crippen LogP contribution in [0.1, 0.15) is 10.4 Å². The van der Waals surface area contributed by atoms with Crippen molar-refractivity contribution >= 4 is 27.7 Å². The molecular formula is C12H16BrN3O2. The smallest absolute Gasteiger partial charge is 0.251 e. The van der Waals surface area contributed by atoms with Gasteiger partial charge in [-0.05, 0) is 25.2 Å². The van der Waals surface area contributed by atoms with E-state index in [1.54, 1.807) is 25.2 Å². The Balaban J connectivity index is 2.35. The van der Waals surface area contributed by atoms with Crippen LogP contribution >= 0.6 is 15.9 Å². The molecule has 5 nitrogen and oxygen atoms in total. The molecule has 0 fully saturated rings. The summed E-state index contributed by atoms with van der Waals surface area (Å²) in [5.41, 5.74) is 0.521. The number of carbonyl (C=O) groups is 2. The van der Waals surface area contributed by atoms with Crippen LogP contribution < -0.4 is 16.0 Å². The van der Waals surface area contributed by atoms with Crippen LogP contribution in [-0.4, -0.2) is 38.5 Å². The van der Waals surface area contributed by atoms with Crippen LogP contribution in [0.25, 0.3) is 0 Å². The Morgan fingerprint density at radius 1 is 1.22 bits per heavy atom. The van der Waals surface area contributed by atoms with Gasteiger partial charge in [-0.15, -0.1) is 0 Å². The number of hydrogen-bond donors (Lipinski definition) is 3. The van der Waals surface area contributed by atoms with E-state index in [0.29, 0.717) is 18.7 Å². The van der Waals surface area contributed by atoms with Crippen LogP contribution in [0.3, 0.4) is 0 Å². The van der Waals surface area contributed by atoms with E-state index >= 15 is 0 Å². The van der Waals surface area contributed by atoms with Gasteiger partial charge in [0.2, 0.25) is 5.91 Å². The van der Waals surface area contributed by atoms with Crippen LogP contribution in [0.5, 0.6) is 0 Å². The molecule has 0 aromatic heterocycles. The van der Waals surface area contributed by atoms with Crippen molar-refractivity contribution in [2.24, 2.45) is 0 Å². The normalized spacial score (nSPS) is 9.89. The molecule has 0 saturated heterocycles. The fraction of sp³-hybridized carbons (Fsp3) is 0.333. The molecule has 1 aromatic rings. The molecule has 0 saturated carbocycles. The average molecular weight is 314 g/mol. The summed E-state index contributed by atoms with van der Waals surface area (Å²) in [6, 6.07) is 7.00. The number of benzene rings is 1. The lowest BCUT2D eigenvalue weighted by molar-refractivity contribution is -0.120. The summed E-state index contributed by atoms with van der Waals surface area (Å²) in [7, 11) is 1.81. The Bertz CT molecular complexity index is 424. The van der Waals surface area contributed by atoms with Crippen LogP contribution in [-0.2, 0) is 4.79 Å². The SMILES string of the molecule is CNCCNC(=O)CNC(=O)c1cccc(Br)c1. The highest BCUT2D eigenvalue weighted by molar-refractivity contribution is 9.10. The Labute approximate surface area is 114 Å². The summed E-state index contributed by atoms with van der Waals surface area (Å²) in [5.74, 6) is -0.464. The van der Waals surface area contributed by atoms with E-state index in [1.807, 2.05) is 6.07 Å². The molecule has 0 unspecified atom stereocenters. The molecule has 18 heavy (non-hydrogen) atoms. The number of nitrogens with one attached hydrogen (secondary N) is 3. The molecule has 2 amide bonds. The van der Waals surface area contributed by atoms with Crippen molar-refractivity contribution in [2.45, 2.75) is 0 Å². The van der Waals surface area contributed by atoms with E-state index in [2.05, 4.69) is 31.9 Å². The summed E-state index contributed by atoms with van der Waals surface area (Å²) in [5, 5.41) is 8.15. The first-order chi connectivity index (χ1) is 8.63. The Morgan fingerprint density at radius 2 is 2.00 bits per heavy atom. The van der Waals surface area contributed by atoms with Gasteiger partial charge in [-0.25, -0.2) is 0 Å². The number of hydrogen-bond acceptors (Lipinski definition) is 3. The van der Waals surface area contributed by atoms with Gasteiger partial charge in [0.1, 0.15) is 0 Å². The topological polar surface area (TPSA) is 70.2 Å². The molecule has 0 aliphatic rings. The Hall–Kier alpha value is -1.40. The molecule has 0 radical (unpaired) electrons. The third kappa shape index (κ3) is 5.29. The molecule has 0 atom stereocenters. The zero-order chi connectivity index (χ0) is 13.4. The maximum absolute atomic E-state index is 11.7. The second kappa shape index (κ2) is 7.84. The van der Waals surface area contributed by atoms with Crippen molar-refractivity contribution < 1.29 is 9.59 Å². The van der Waals surface area contributed by atoms with Crippen LogP contribution in [0, 0.1) is 0 Å². The van der Waals surface area contributed by atoms with E-state index < -0.39 is 0 Å². The second-order valence-electron chi connectivity index (χ2n) is 3.65. The molecule has 0 heterocycles. The molecule has 1 rings (SSSR count). The molecular weight excluding hydrogens is 298 g/mol. The predicted molar refractivity (Wildman–Crippen MR) is 73.4 cm³/mol. The van der Waals surface area contributed by atoms with E-state index in [-0.39, 0.29) is 18.4 Å². The number of likely N-dealkylation sites (N-methyl/N-ethyl adjacent to an activating group) is 1. The first-order valence-electron chi connectivity index (χ1n) is 5.58. The summed E-state index contributed by atoms with van der Waals surface area (Å²) in [4.78, 5) is 23.1. The van der Waals surface area contributed by atoms with E-state index in [4.69, 9.17) is 0 Å². The molecule has 0 aliphatic carbocycles. The fourth-order valence-corrected chi connectivity index (χ4v) is 1.68. The van der Waals surface area contributed by atoms with Crippen LogP contribution in [0.4, 0.5) is 0 Å². The summed E-state index contributed by atoms with van der Waals surface area (Å²) in [6.07, 6.45) is 0. The minimum absolute atomic E-state index is 0.0188. The zero-order valence-corrected chi connectivity index (χ0v) is 11.7. The summed E-state index contributed by atoms with van der Waals surface area (Å²) in [6.45, 7) is 1.22. The van der Waals surface area contributed by atoms with Crippen molar-refractivity contribution in [1.29, 1.82) is 0 Å². The van der Waals surface area contributed by atoms with Gasteiger partial charge in [0.25, 0.3) is 5.91 Å². The number of halogens is 1. The monoisotopic (exact) mass is 313 g/mol. The highest BCUT2D eigenvalue weighted by Crippen LogP contribution is 2.11. The largest absolute Gasteiger partial charge is 0.353 e. The van der Waals surface area contributed by atoms with Crippen molar-refractivity contribution in [1.82, 2.24) is 16.0 Å². The lowest BCUT2D eigenvalue weighted by Gasteiger charge is -2.06. The van der Waals surface area contributed by atoms with Gasteiger partial charge in [-0.1, -0.05) is 22.0 Å². The predicted octanol–water partition coefficient (Wildman–Crippen LogP) is 0.515. The summed E-state index contributed by atoms with van der Waals surface area (Å²) >= 11 is 3.29. The molecule has 1 aromatic carbocycles. The lowest BCUT2D eigenvalue weighted by Crippen LogP contribution is -2.39. The average Bonchev–Trinajstić information content (AvgIpc) is 2.36. The minimum Gasteiger partial charge on any atom is -0.353 e. The maximum Gasteiger partial charge on any atom is 0.251 e. The number of amides is 2. The third-order valence-corrected chi connectivity index (χ3v) is 2.69. The Kier molecular flexibility index (Phi) is 6.38. The van der Waals surface area contributed by atoms with Gasteiger partial charge in [0, 0.05) is 23.1 Å². The van der Waals surface area contributed by atoms with Gasteiger partial charge in [0.15, 0.2) is 0 Å². The highest BCUT2D eigenvalue weighted by Gasteiger charge is 2.07. The fourth-order valence-electron chi connectivity index (χ4n) is 1.28. The molecule has 0 spiro atoms.